The summed E-state index contributed by atoms with van der Waals surface area (Å²) in [5.74, 6) is -0.819. The van der Waals surface area contributed by atoms with Gasteiger partial charge in [-0.2, -0.15) is 5.10 Å². The molecule has 2 aromatic rings. The van der Waals surface area contributed by atoms with E-state index in [1.807, 2.05) is 24.3 Å². The Morgan fingerprint density at radius 1 is 1.26 bits per heavy atom. The summed E-state index contributed by atoms with van der Waals surface area (Å²) in [4.78, 5) is 24.2. The molecule has 1 fully saturated rings. The molecule has 3 N–H and O–H groups in total. The first-order valence-corrected chi connectivity index (χ1v) is 8.96. The molecule has 1 aliphatic rings. The van der Waals surface area contributed by atoms with Gasteiger partial charge >= 0.3 is 0 Å². The number of hydrogen-bond donors (Lipinski definition) is 3. The number of amides is 2. The number of aromatic hydroxyl groups is 1. The molecule has 2 aromatic carbocycles. The Kier molecular flexibility index (Phi) is 6.03. The normalized spacial score (nSPS) is 17.1. The lowest BCUT2D eigenvalue weighted by Gasteiger charge is -2.10. The average Bonchev–Trinajstić information content (AvgIpc) is 3.17. The monoisotopic (exact) mass is 369 g/mol. The van der Waals surface area contributed by atoms with Crippen molar-refractivity contribution in [3.05, 3.63) is 42.0 Å². The second-order valence-corrected chi connectivity index (χ2v) is 6.62. The highest BCUT2D eigenvalue weighted by atomic mass is 16.5. The number of hydrogen-bond acceptors (Lipinski definition) is 5. The van der Waals surface area contributed by atoms with E-state index in [1.165, 1.54) is 0 Å². The van der Waals surface area contributed by atoms with Gasteiger partial charge in [0.25, 0.3) is 5.91 Å². The molecule has 1 saturated heterocycles. The van der Waals surface area contributed by atoms with Gasteiger partial charge < -0.3 is 15.2 Å². The second-order valence-electron chi connectivity index (χ2n) is 6.62. The van der Waals surface area contributed by atoms with Crippen LogP contribution >= 0.6 is 0 Å². The number of ether oxygens (including phenoxy) is 1. The van der Waals surface area contributed by atoms with Crippen LogP contribution in [0.15, 0.2) is 41.5 Å². The van der Waals surface area contributed by atoms with Crippen LogP contribution in [0.2, 0.25) is 0 Å². The van der Waals surface area contributed by atoms with Gasteiger partial charge in [0.1, 0.15) is 5.75 Å². The zero-order valence-electron chi connectivity index (χ0n) is 15.2. The summed E-state index contributed by atoms with van der Waals surface area (Å²) in [6.07, 6.45) is 2.14. The zero-order valence-corrected chi connectivity index (χ0v) is 15.2. The Labute approximate surface area is 157 Å². The van der Waals surface area contributed by atoms with Crippen LogP contribution in [0.25, 0.3) is 10.8 Å². The van der Waals surface area contributed by atoms with Crippen LogP contribution in [-0.4, -0.2) is 41.9 Å². The van der Waals surface area contributed by atoms with Gasteiger partial charge in [-0.15, -0.1) is 0 Å². The predicted molar refractivity (Wildman–Crippen MR) is 103 cm³/mol. The second kappa shape index (κ2) is 8.64. The van der Waals surface area contributed by atoms with E-state index < -0.39 is 5.91 Å². The minimum absolute atomic E-state index is 0.0801. The average molecular weight is 369 g/mol. The van der Waals surface area contributed by atoms with Crippen molar-refractivity contribution in [2.75, 3.05) is 13.2 Å². The molecule has 0 spiro atoms. The lowest BCUT2D eigenvalue weighted by Crippen LogP contribution is -2.33. The standard InChI is InChI=1S/C20H23N3O4/c1-13(9-19(25)21-12-16-7-4-8-27-16)22-23-20(26)17-10-14-5-2-3-6-15(14)11-18(17)24/h2-3,5-6,10-11,16,24H,4,7-9,12H2,1H3,(H,21,25)(H,23,26)/b22-13-/t16-/m0/s1. The molecule has 7 heteroatoms. The number of benzene rings is 2. The molecule has 142 valence electrons. The van der Waals surface area contributed by atoms with Crippen molar-refractivity contribution in [3.63, 3.8) is 0 Å². The van der Waals surface area contributed by atoms with Crippen molar-refractivity contribution in [2.24, 2.45) is 5.10 Å². The highest BCUT2D eigenvalue weighted by molar-refractivity contribution is 6.03. The molecule has 0 aromatic heterocycles. The van der Waals surface area contributed by atoms with Crippen LogP contribution in [0.1, 0.15) is 36.5 Å². The summed E-state index contributed by atoms with van der Waals surface area (Å²) < 4.78 is 5.45. The Balaban J connectivity index is 1.55. The summed E-state index contributed by atoms with van der Waals surface area (Å²) in [5.41, 5.74) is 2.99. The van der Waals surface area contributed by atoms with Crippen LogP contribution < -0.4 is 10.7 Å². The quantitative estimate of drug-likeness (QED) is 0.537. The highest BCUT2D eigenvalue weighted by Crippen LogP contribution is 2.24. The molecular formula is C20H23N3O4. The van der Waals surface area contributed by atoms with Crippen molar-refractivity contribution in [1.82, 2.24) is 10.7 Å². The number of nitrogens with zero attached hydrogens (tertiary/aromatic N) is 1. The Bertz CT molecular complexity index is 873. The maximum Gasteiger partial charge on any atom is 0.275 e. The molecule has 0 saturated carbocycles. The van der Waals surface area contributed by atoms with Gasteiger partial charge in [0.15, 0.2) is 0 Å². The van der Waals surface area contributed by atoms with Crippen molar-refractivity contribution < 1.29 is 19.4 Å². The maximum atomic E-state index is 12.3. The van der Waals surface area contributed by atoms with E-state index in [4.69, 9.17) is 4.74 Å². The molecule has 1 heterocycles. The number of phenols is 1. The Hall–Kier alpha value is -2.93. The molecule has 1 aliphatic heterocycles. The number of carbonyl (C=O) groups is 2. The molecule has 0 radical (unpaired) electrons. The van der Waals surface area contributed by atoms with Crippen LogP contribution in [0.3, 0.4) is 0 Å². The number of hydrazone groups is 1. The fraction of sp³-hybridized carbons (Fsp3) is 0.350. The largest absolute Gasteiger partial charge is 0.507 e. The molecule has 1 atom stereocenters. The van der Waals surface area contributed by atoms with Gasteiger partial charge in [-0.05, 0) is 42.7 Å². The van der Waals surface area contributed by atoms with Crippen LogP contribution in [0.4, 0.5) is 0 Å². The highest BCUT2D eigenvalue weighted by Gasteiger charge is 2.16. The van der Waals surface area contributed by atoms with E-state index in [0.717, 1.165) is 30.2 Å². The van der Waals surface area contributed by atoms with E-state index in [2.05, 4.69) is 15.8 Å². The Morgan fingerprint density at radius 3 is 2.70 bits per heavy atom. The summed E-state index contributed by atoms with van der Waals surface area (Å²) in [6, 6.07) is 10.6. The van der Waals surface area contributed by atoms with Crippen molar-refractivity contribution in [1.29, 1.82) is 0 Å². The van der Waals surface area contributed by atoms with Gasteiger partial charge in [-0.3, -0.25) is 9.59 Å². The first-order chi connectivity index (χ1) is 13.0. The number of nitrogens with one attached hydrogen (secondary N) is 2. The first-order valence-electron chi connectivity index (χ1n) is 8.96. The van der Waals surface area contributed by atoms with Gasteiger partial charge in [0.2, 0.25) is 5.91 Å². The smallest absolute Gasteiger partial charge is 0.275 e. The van der Waals surface area contributed by atoms with E-state index in [1.54, 1.807) is 19.1 Å². The van der Waals surface area contributed by atoms with Gasteiger partial charge in [0.05, 0.1) is 18.1 Å². The summed E-state index contributed by atoms with van der Waals surface area (Å²) >= 11 is 0. The topological polar surface area (TPSA) is 100 Å². The fourth-order valence-electron chi connectivity index (χ4n) is 2.98. The van der Waals surface area contributed by atoms with Crippen LogP contribution in [0, 0.1) is 0 Å². The third kappa shape index (κ3) is 5.04. The van der Waals surface area contributed by atoms with E-state index >= 15 is 0 Å². The molecule has 7 nitrogen and oxygen atoms in total. The minimum Gasteiger partial charge on any atom is -0.507 e. The number of carbonyl (C=O) groups excluding carboxylic acids is 2. The van der Waals surface area contributed by atoms with Crippen molar-refractivity contribution >= 4 is 28.3 Å². The molecule has 0 unspecified atom stereocenters. The van der Waals surface area contributed by atoms with E-state index in [0.29, 0.717) is 12.3 Å². The lowest BCUT2D eigenvalue weighted by atomic mass is 10.1. The molecule has 2 amide bonds. The minimum atomic E-state index is -0.530. The van der Waals surface area contributed by atoms with Gasteiger partial charge in [0, 0.05) is 18.9 Å². The third-order valence-corrected chi connectivity index (χ3v) is 4.42. The van der Waals surface area contributed by atoms with Gasteiger partial charge in [-0.25, -0.2) is 5.43 Å². The summed E-state index contributed by atoms with van der Waals surface area (Å²) in [7, 11) is 0. The summed E-state index contributed by atoms with van der Waals surface area (Å²) in [6.45, 7) is 2.89. The number of phenolic OH excluding ortho intramolecular Hbond substituents is 1. The molecule has 27 heavy (non-hydrogen) atoms. The van der Waals surface area contributed by atoms with E-state index in [9.17, 15) is 14.7 Å². The van der Waals surface area contributed by atoms with Crippen molar-refractivity contribution in [3.8, 4) is 5.75 Å². The zero-order chi connectivity index (χ0) is 19.2. The van der Waals surface area contributed by atoms with Gasteiger partial charge in [-0.1, -0.05) is 24.3 Å². The molecule has 0 bridgehead atoms. The van der Waals surface area contributed by atoms with Crippen LogP contribution in [-0.2, 0) is 9.53 Å². The van der Waals surface area contributed by atoms with E-state index in [-0.39, 0.29) is 29.7 Å². The fourth-order valence-corrected chi connectivity index (χ4v) is 2.98. The third-order valence-electron chi connectivity index (χ3n) is 4.42. The molecule has 0 aliphatic carbocycles. The predicted octanol–water partition coefficient (Wildman–Crippen LogP) is 2.34. The van der Waals surface area contributed by atoms with Crippen LogP contribution in [0.5, 0.6) is 5.75 Å². The SMILES string of the molecule is C/C(CC(=O)NC[C@@H]1CCCO1)=N/NC(=O)c1cc2ccccc2cc1O. The molecule has 3 rings (SSSR count). The lowest BCUT2D eigenvalue weighted by molar-refractivity contribution is -0.120. The first kappa shape index (κ1) is 18.8. The molecular weight excluding hydrogens is 346 g/mol. The van der Waals surface area contributed by atoms with Crippen molar-refractivity contribution in [2.45, 2.75) is 32.3 Å². The Morgan fingerprint density at radius 2 is 2.00 bits per heavy atom. The summed E-state index contributed by atoms with van der Waals surface area (Å²) in [5, 5.41) is 18.5. The maximum absolute atomic E-state index is 12.3. The number of fused-ring (bicyclic) bond motifs is 1. The number of rotatable bonds is 6.